The molecule has 0 aliphatic heterocycles. The van der Waals surface area contributed by atoms with Crippen LogP contribution >= 0.6 is 34.8 Å². The van der Waals surface area contributed by atoms with Crippen molar-refractivity contribution in [3.8, 4) is 6.07 Å². The summed E-state index contributed by atoms with van der Waals surface area (Å²) in [7, 11) is 0. The molecular formula is C13H7Cl3N2. The van der Waals surface area contributed by atoms with Crippen molar-refractivity contribution in [2.75, 3.05) is 5.32 Å². The Morgan fingerprint density at radius 3 is 2.17 bits per heavy atom. The topological polar surface area (TPSA) is 35.8 Å². The van der Waals surface area contributed by atoms with E-state index in [1.807, 2.05) is 0 Å². The van der Waals surface area contributed by atoms with Gasteiger partial charge in [-0.15, -0.1) is 0 Å². The lowest BCUT2D eigenvalue weighted by atomic mass is 10.2. The Hall–Kier alpha value is -1.40. The van der Waals surface area contributed by atoms with Gasteiger partial charge in [-0.3, -0.25) is 0 Å². The highest BCUT2D eigenvalue weighted by molar-refractivity contribution is 6.35. The average molecular weight is 298 g/mol. The van der Waals surface area contributed by atoms with Crippen molar-refractivity contribution in [2.24, 2.45) is 0 Å². The Balaban J connectivity index is 2.39. The third-order valence-electron chi connectivity index (χ3n) is 2.24. The molecule has 0 radical (unpaired) electrons. The van der Waals surface area contributed by atoms with Gasteiger partial charge in [0.1, 0.15) is 6.07 Å². The minimum Gasteiger partial charge on any atom is -0.354 e. The monoisotopic (exact) mass is 296 g/mol. The first-order valence-electron chi connectivity index (χ1n) is 5.01. The van der Waals surface area contributed by atoms with Crippen molar-refractivity contribution in [3.63, 3.8) is 0 Å². The van der Waals surface area contributed by atoms with Gasteiger partial charge in [-0.1, -0.05) is 34.8 Å². The van der Waals surface area contributed by atoms with Crippen molar-refractivity contribution in [3.05, 3.63) is 57.0 Å². The van der Waals surface area contributed by atoms with E-state index in [1.165, 1.54) is 0 Å². The van der Waals surface area contributed by atoms with Crippen LogP contribution in [-0.2, 0) is 0 Å². The molecule has 18 heavy (non-hydrogen) atoms. The molecule has 2 aromatic carbocycles. The van der Waals surface area contributed by atoms with Gasteiger partial charge in [0.05, 0.1) is 11.3 Å². The largest absolute Gasteiger partial charge is 0.354 e. The average Bonchev–Trinajstić information content (AvgIpc) is 2.27. The first kappa shape index (κ1) is 13.0. The molecule has 2 nitrogen and oxygen atoms in total. The minimum atomic E-state index is 0.496. The third kappa shape index (κ3) is 3.08. The fourth-order valence-electron chi connectivity index (χ4n) is 1.50. The zero-order valence-corrected chi connectivity index (χ0v) is 11.3. The molecule has 0 amide bonds. The highest BCUT2D eigenvalue weighted by Gasteiger charge is 2.05. The first-order chi connectivity index (χ1) is 8.58. The molecule has 0 aliphatic rings. The molecule has 0 fully saturated rings. The lowest BCUT2D eigenvalue weighted by Crippen LogP contribution is -1.93. The second kappa shape index (κ2) is 5.49. The summed E-state index contributed by atoms with van der Waals surface area (Å²) in [6.45, 7) is 0. The Kier molecular flexibility index (Phi) is 3.98. The maximum absolute atomic E-state index is 9.01. The van der Waals surface area contributed by atoms with Crippen molar-refractivity contribution in [1.29, 1.82) is 5.26 Å². The smallest absolute Gasteiger partial charge is 0.101 e. The predicted molar refractivity (Wildman–Crippen MR) is 75.9 cm³/mol. The van der Waals surface area contributed by atoms with Gasteiger partial charge in [-0.05, 0) is 36.4 Å². The molecule has 5 heteroatoms. The van der Waals surface area contributed by atoms with Crippen LogP contribution in [0.2, 0.25) is 15.1 Å². The molecule has 0 unspecified atom stereocenters. The predicted octanol–water partition coefficient (Wildman–Crippen LogP) is 5.26. The van der Waals surface area contributed by atoms with Crippen LogP contribution in [0.25, 0.3) is 0 Å². The number of nitrogens with zero attached hydrogens (tertiary/aromatic N) is 1. The summed E-state index contributed by atoms with van der Waals surface area (Å²) in [5.74, 6) is 0. The summed E-state index contributed by atoms with van der Waals surface area (Å²) in [6, 6.07) is 12.1. The molecule has 0 aliphatic carbocycles. The maximum atomic E-state index is 9.01. The minimum absolute atomic E-state index is 0.496. The standard InChI is InChI=1S/C13H7Cl3N2/c14-9-2-1-8(7-17)13(6-9)18-12-4-10(15)3-11(16)5-12/h1-6,18H. The Morgan fingerprint density at radius 1 is 0.889 bits per heavy atom. The van der Waals surface area contributed by atoms with E-state index >= 15 is 0 Å². The van der Waals surface area contributed by atoms with Crippen LogP contribution in [0, 0.1) is 11.3 Å². The van der Waals surface area contributed by atoms with Gasteiger partial charge < -0.3 is 5.32 Å². The highest BCUT2D eigenvalue weighted by Crippen LogP contribution is 2.28. The first-order valence-corrected chi connectivity index (χ1v) is 6.14. The van der Waals surface area contributed by atoms with Gasteiger partial charge in [-0.25, -0.2) is 0 Å². The van der Waals surface area contributed by atoms with E-state index in [1.54, 1.807) is 36.4 Å². The number of halogens is 3. The second-order valence-corrected chi connectivity index (χ2v) is 4.89. The van der Waals surface area contributed by atoms with Crippen LogP contribution in [0.3, 0.4) is 0 Å². The number of anilines is 2. The van der Waals surface area contributed by atoms with Gasteiger partial charge >= 0.3 is 0 Å². The van der Waals surface area contributed by atoms with E-state index in [2.05, 4.69) is 11.4 Å². The number of hydrogen-bond donors (Lipinski definition) is 1. The molecule has 0 bridgehead atoms. The molecule has 2 rings (SSSR count). The lowest BCUT2D eigenvalue weighted by Gasteiger charge is -2.09. The van der Waals surface area contributed by atoms with Crippen molar-refractivity contribution in [2.45, 2.75) is 0 Å². The molecule has 1 N–H and O–H groups in total. The number of nitrogens with one attached hydrogen (secondary N) is 1. The summed E-state index contributed by atoms with van der Waals surface area (Å²) >= 11 is 17.7. The van der Waals surface area contributed by atoms with E-state index < -0.39 is 0 Å². The fourth-order valence-corrected chi connectivity index (χ4v) is 2.20. The Bertz CT molecular complexity index is 612. The molecule has 0 aromatic heterocycles. The second-order valence-electron chi connectivity index (χ2n) is 3.58. The fraction of sp³-hybridized carbons (Fsp3) is 0. The van der Waals surface area contributed by atoms with E-state index in [9.17, 15) is 0 Å². The summed E-state index contributed by atoms with van der Waals surface area (Å²) in [6.07, 6.45) is 0. The van der Waals surface area contributed by atoms with Crippen LogP contribution in [0.15, 0.2) is 36.4 Å². The number of rotatable bonds is 2. The van der Waals surface area contributed by atoms with E-state index in [0.29, 0.717) is 32.0 Å². The molecule has 0 atom stereocenters. The zero-order chi connectivity index (χ0) is 13.1. The van der Waals surface area contributed by atoms with Crippen LogP contribution < -0.4 is 5.32 Å². The summed E-state index contributed by atoms with van der Waals surface area (Å²) in [5, 5.41) is 13.7. The maximum Gasteiger partial charge on any atom is 0.101 e. The van der Waals surface area contributed by atoms with Crippen molar-refractivity contribution < 1.29 is 0 Å². The normalized spacial score (nSPS) is 9.89. The van der Waals surface area contributed by atoms with Crippen LogP contribution in [0.1, 0.15) is 5.56 Å². The lowest BCUT2D eigenvalue weighted by molar-refractivity contribution is 1.46. The van der Waals surface area contributed by atoms with Gasteiger partial charge in [0.2, 0.25) is 0 Å². The number of hydrogen-bond acceptors (Lipinski definition) is 2. The third-order valence-corrected chi connectivity index (χ3v) is 2.92. The molecule has 0 spiro atoms. The molecular weight excluding hydrogens is 291 g/mol. The Morgan fingerprint density at radius 2 is 1.56 bits per heavy atom. The van der Waals surface area contributed by atoms with Gasteiger partial charge in [0, 0.05) is 20.8 Å². The van der Waals surface area contributed by atoms with Crippen molar-refractivity contribution >= 4 is 46.2 Å². The summed E-state index contributed by atoms with van der Waals surface area (Å²) in [5.41, 5.74) is 1.81. The summed E-state index contributed by atoms with van der Waals surface area (Å²) < 4.78 is 0. The molecule has 90 valence electrons. The number of benzene rings is 2. The van der Waals surface area contributed by atoms with Gasteiger partial charge in [0.15, 0.2) is 0 Å². The van der Waals surface area contributed by atoms with Crippen molar-refractivity contribution in [1.82, 2.24) is 0 Å². The van der Waals surface area contributed by atoms with Gasteiger partial charge in [-0.2, -0.15) is 5.26 Å². The van der Waals surface area contributed by atoms with Crippen LogP contribution in [0.4, 0.5) is 11.4 Å². The molecule has 0 heterocycles. The van der Waals surface area contributed by atoms with E-state index in [0.717, 1.165) is 0 Å². The number of nitriles is 1. The van der Waals surface area contributed by atoms with Crippen LogP contribution in [0.5, 0.6) is 0 Å². The molecule has 2 aromatic rings. The van der Waals surface area contributed by atoms with E-state index in [-0.39, 0.29) is 0 Å². The SMILES string of the molecule is N#Cc1ccc(Cl)cc1Nc1cc(Cl)cc(Cl)c1. The molecule has 0 saturated carbocycles. The highest BCUT2D eigenvalue weighted by atomic mass is 35.5. The zero-order valence-electron chi connectivity index (χ0n) is 9.05. The van der Waals surface area contributed by atoms with E-state index in [4.69, 9.17) is 40.1 Å². The quantitative estimate of drug-likeness (QED) is 0.820. The van der Waals surface area contributed by atoms with Crippen LogP contribution in [-0.4, -0.2) is 0 Å². The van der Waals surface area contributed by atoms with Gasteiger partial charge in [0.25, 0.3) is 0 Å². The Labute approximate surface area is 120 Å². The molecule has 0 saturated heterocycles. The summed E-state index contributed by atoms with van der Waals surface area (Å²) in [4.78, 5) is 0.